The van der Waals surface area contributed by atoms with Crippen molar-refractivity contribution in [2.45, 2.75) is 44.9 Å². The Morgan fingerprint density at radius 2 is 1.97 bits per heavy atom. The van der Waals surface area contributed by atoms with E-state index >= 15 is 0 Å². The Morgan fingerprint density at radius 3 is 2.59 bits per heavy atom. The number of benzene rings is 1. The molecule has 1 aromatic carbocycles. The third-order valence-electron chi connectivity index (χ3n) is 6.11. The summed E-state index contributed by atoms with van der Waals surface area (Å²) in [6.07, 6.45) is 2.30. The highest BCUT2D eigenvalue weighted by Gasteiger charge is 2.40. The monoisotopic (exact) mass is 481 g/mol. The summed E-state index contributed by atoms with van der Waals surface area (Å²) >= 11 is 5.99. The summed E-state index contributed by atoms with van der Waals surface area (Å²) in [6.45, 7) is 4.61. The Kier molecular flexibility index (Phi) is 7.90. The largest absolute Gasteiger partial charge is 0.351 e. The fourth-order valence-electron chi connectivity index (χ4n) is 4.10. The number of hydrogen-bond donors (Lipinski definition) is 1. The number of carbonyl (C=O) groups is 1. The molecule has 6 nitrogen and oxygen atoms in total. The number of rotatable bonds is 8. The molecule has 0 saturated carbocycles. The maximum Gasteiger partial charge on any atom is 0.251 e. The van der Waals surface area contributed by atoms with Crippen LogP contribution in [0.5, 0.6) is 0 Å². The molecule has 174 valence electrons. The second-order valence-electron chi connectivity index (χ2n) is 8.34. The number of aromatic nitrogens is 1. The van der Waals surface area contributed by atoms with Gasteiger partial charge < -0.3 is 5.32 Å². The van der Waals surface area contributed by atoms with Gasteiger partial charge in [-0.3, -0.25) is 4.79 Å². The van der Waals surface area contributed by atoms with Crippen LogP contribution in [0.25, 0.3) is 0 Å². The van der Waals surface area contributed by atoms with Crippen molar-refractivity contribution in [1.82, 2.24) is 14.6 Å². The first kappa shape index (κ1) is 24.6. The minimum atomic E-state index is -3.33. The molecule has 3 rings (SSSR count). The van der Waals surface area contributed by atoms with Gasteiger partial charge in [-0.2, -0.15) is 4.39 Å². The highest BCUT2D eigenvalue weighted by Crippen LogP contribution is 2.35. The summed E-state index contributed by atoms with van der Waals surface area (Å²) in [4.78, 5) is 16.9. The van der Waals surface area contributed by atoms with E-state index in [-0.39, 0.29) is 18.2 Å². The van der Waals surface area contributed by atoms with Crippen LogP contribution < -0.4 is 5.32 Å². The van der Waals surface area contributed by atoms with Crippen molar-refractivity contribution in [3.63, 3.8) is 0 Å². The number of hydrogen-bond acceptors (Lipinski definition) is 4. The van der Waals surface area contributed by atoms with Gasteiger partial charge in [0.05, 0.1) is 11.4 Å². The van der Waals surface area contributed by atoms with Crippen molar-refractivity contribution < 1.29 is 17.6 Å². The lowest BCUT2D eigenvalue weighted by molar-refractivity contribution is 0.0931. The highest BCUT2D eigenvalue weighted by molar-refractivity contribution is 7.89. The molecule has 2 heterocycles. The van der Waals surface area contributed by atoms with E-state index in [1.165, 1.54) is 10.4 Å². The Morgan fingerprint density at radius 1 is 1.25 bits per heavy atom. The highest BCUT2D eigenvalue weighted by atomic mass is 35.5. The molecule has 0 spiro atoms. The topological polar surface area (TPSA) is 79.4 Å². The molecule has 1 aliphatic heterocycles. The van der Waals surface area contributed by atoms with Gasteiger partial charge in [-0.05, 0) is 62.1 Å². The van der Waals surface area contributed by atoms with Crippen molar-refractivity contribution in [2.75, 3.05) is 25.4 Å². The van der Waals surface area contributed by atoms with Gasteiger partial charge in [0.1, 0.15) is 0 Å². The summed E-state index contributed by atoms with van der Waals surface area (Å²) in [5.74, 6) is -0.728. The number of nitrogens with one attached hydrogen (secondary N) is 1. The lowest BCUT2D eigenvalue weighted by atomic mass is 9.75. The van der Waals surface area contributed by atoms with Crippen LogP contribution in [0.15, 0.2) is 36.4 Å². The van der Waals surface area contributed by atoms with Gasteiger partial charge in [0.15, 0.2) is 0 Å². The SMILES string of the molecule is CCCCS(=O)(=O)N1CCC(CNC(=O)c2ccc(Cl)cc2C)(c2cccc(F)n2)CC1. The predicted octanol–water partition coefficient (Wildman–Crippen LogP) is 4.08. The number of amides is 1. The van der Waals surface area contributed by atoms with Crippen molar-refractivity contribution in [3.05, 3.63) is 64.2 Å². The van der Waals surface area contributed by atoms with E-state index in [2.05, 4.69) is 10.3 Å². The molecule has 32 heavy (non-hydrogen) atoms. The van der Waals surface area contributed by atoms with Crippen LogP contribution in [-0.2, 0) is 15.4 Å². The van der Waals surface area contributed by atoms with E-state index < -0.39 is 21.4 Å². The number of aryl methyl sites for hydroxylation is 1. The Balaban J connectivity index is 1.80. The third-order valence-corrected chi connectivity index (χ3v) is 8.30. The molecule has 1 saturated heterocycles. The molecule has 1 amide bonds. The Bertz CT molecular complexity index is 1070. The fraction of sp³-hybridized carbons (Fsp3) is 0.478. The van der Waals surface area contributed by atoms with Gasteiger partial charge >= 0.3 is 0 Å². The summed E-state index contributed by atoms with van der Waals surface area (Å²) < 4.78 is 40.7. The number of nitrogens with zero attached hydrogens (tertiary/aromatic N) is 2. The predicted molar refractivity (Wildman–Crippen MR) is 124 cm³/mol. The fourth-order valence-corrected chi connectivity index (χ4v) is 5.98. The van der Waals surface area contributed by atoms with Gasteiger partial charge in [-0.25, -0.2) is 17.7 Å². The number of halogens is 2. The van der Waals surface area contributed by atoms with E-state index in [4.69, 9.17) is 11.6 Å². The van der Waals surface area contributed by atoms with E-state index in [9.17, 15) is 17.6 Å². The van der Waals surface area contributed by atoms with Crippen molar-refractivity contribution >= 4 is 27.5 Å². The summed E-state index contributed by atoms with van der Waals surface area (Å²) in [5.41, 5.74) is 1.13. The van der Waals surface area contributed by atoms with E-state index in [1.807, 2.05) is 13.8 Å². The maximum absolute atomic E-state index is 13.9. The van der Waals surface area contributed by atoms with Crippen LogP contribution in [0.1, 0.15) is 54.2 Å². The number of pyridine rings is 1. The Hall–Kier alpha value is -2.03. The van der Waals surface area contributed by atoms with Crippen LogP contribution in [0, 0.1) is 12.9 Å². The molecule has 0 atom stereocenters. The van der Waals surface area contributed by atoms with Gasteiger partial charge in [0.2, 0.25) is 16.0 Å². The normalized spacial score (nSPS) is 16.6. The van der Waals surface area contributed by atoms with E-state index in [0.29, 0.717) is 48.6 Å². The van der Waals surface area contributed by atoms with Crippen molar-refractivity contribution in [1.29, 1.82) is 0 Å². The summed E-state index contributed by atoms with van der Waals surface area (Å²) in [5, 5.41) is 3.52. The van der Waals surface area contributed by atoms with Gasteiger partial charge in [-0.1, -0.05) is 31.0 Å². The molecule has 1 N–H and O–H groups in total. The second-order valence-corrected chi connectivity index (χ2v) is 10.9. The average molecular weight is 482 g/mol. The van der Waals surface area contributed by atoms with Gasteiger partial charge in [0, 0.05) is 35.6 Å². The lowest BCUT2D eigenvalue weighted by Crippen LogP contribution is -2.51. The zero-order chi connectivity index (χ0) is 23.4. The average Bonchev–Trinajstić information content (AvgIpc) is 2.76. The van der Waals surface area contributed by atoms with Crippen LogP contribution >= 0.6 is 11.6 Å². The molecule has 0 aliphatic carbocycles. The smallest absolute Gasteiger partial charge is 0.251 e. The first-order valence-electron chi connectivity index (χ1n) is 10.8. The number of carbonyl (C=O) groups excluding carboxylic acids is 1. The number of piperidine rings is 1. The zero-order valence-electron chi connectivity index (χ0n) is 18.4. The minimum Gasteiger partial charge on any atom is -0.351 e. The summed E-state index contributed by atoms with van der Waals surface area (Å²) in [7, 11) is -3.33. The number of unbranched alkanes of at least 4 members (excludes halogenated alkanes) is 1. The van der Waals surface area contributed by atoms with Crippen molar-refractivity contribution in [2.24, 2.45) is 0 Å². The molecule has 1 fully saturated rings. The molecule has 9 heteroatoms. The number of sulfonamides is 1. The van der Waals surface area contributed by atoms with E-state index in [0.717, 1.165) is 12.0 Å². The van der Waals surface area contributed by atoms with Crippen molar-refractivity contribution in [3.8, 4) is 0 Å². The Labute approximate surface area is 194 Å². The quantitative estimate of drug-likeness (QED) is 0.576. The molecule has 0 radical (unpaired) electrons. The van der Waals surface area contributed by atoms with E-state index in [1.54, 1.807) is 30.3 Å². The van der Waals surface area contributed by atoms with Crippen LogP contribution in [-0.4, -0.2) is 49.0 Å². The minimum absolute atomic E-state index is 0.126. The molecule has 1 aliphatic rings. The molecule has 0 bridgehead atoms. The second kappa shape index (κ2) is 10.3. The van der Waals surface area contributed by atoms with Crippen LogP contribution in [0.4, 0.5) is 4.39 Å². The zero-order valence-corrected chi connectivity index (χ0v) is 20.0. The first-order chi connectivity index (χ1) is 15.2. The molecule has 1 aromatic heterocycles. The third kappa shape index (κ3) is 5.66. The van der Waals surface area contributed by atoms with Gasteiger partial charge in [-0.15, -0.1) is 0 Å². The molecular formula is C23H29ClFN3O3S. The first-order valence-corrected chi connectivity index (χ1v) is 12.8. The molecule has 2 aromatic rings. The van der Waals surface area contributed by atoms with Crippen LogP contribution in [0.3, 0.4) is 0 Å². The standard InChI is InChI=1S/C23H29ClFN3O3S/c1-3-4-14-32(30,31)28-12-10-23(11-13-28,20-6-5-7-21(25)27-20)16-26-22(29)19-9-8-18(24)15-17(19)2/h5-9,15H,3-4,10-14,16H2,1-2H3,(H,26,29). The maximum atomic E-state index is 13.9. The summed E-state index contributed by atoms with van der Waals surface area (Å²) in [6, 6.07) is 9.66. The van der Waals surface area contributed by atoms with Gasteiger partial charge in [0.25, 0.3) is 5.91 Å². The lowest BCUT2D eigenvalue weighted by Gasteiger charge is -2.41. The van der Waals surface area contributed by atoms with Crippen LogP contribution in [0.2, 0.25) is 5.02 Å². The molecular weight excluding hydrogens is 453 g/mol. The molecule has 0 unspecified atom stereocenters.